The smallest absolute Gasteiger partial charge is 0.462 e. The molecule has 0 aromatic carbocycles. The Balaban J connectivity index is 5.25. The Kier molecular flexibility index (Phi) is 75.4. The Bertz CT molecular complexity index is 1960. The monoisotopic (exact) mass is 1510 g/mol. The molecule has 0 saturated carbocycles. The van der Waals surface area contributed by atoms with Crippen LogP contribution < -0.4 is 0 Å². The summed E-state index contributed by atoms with van der Waals surface area (Å²) in [6, 6.07) is 0. The van der Waals surface area contributed by atoms with Crippen molar-refractivity contribution in [1.82, 2.24) is 0 Å². The fourth-order valence-corrected chi connectivity index (χ4v) is 14.7. The van der Waals surface area contributed by atoms with E-state index < -0.39 is 97.5 Å². The number of ether oxygens (including phenoxy) is 4. The van der Waals surface area contributed by atoms with Crippen LogP contribution in [0.15, 0.2) is 0 Å². The Morgan fingerprint density at radius 2 is 0.447 bits per heavy atom. The molecule has 0 amide bonds. The quantitative estimate of drug-likeness (QED) is 0.0222. The van der Waals surface area contributed by atoms with E-state index in [-0.39, 0.29) is 25.7 Å². The molecule has 0 aromatic rings. The van der Waals surface area contributed by atoms with Crippen molar-refractivity contribution < 1.29 is 80.2 Å². The van der Waals surface area contributed by atoms with Gasteiger partial charge < -0.3 is 33.8 Å². The zero-order chi connectivity index (χ0) is 75.5. The first-order valence-electron chi connectivity index (χ1n) is 43.6. The van der Waals surface area contributed by atoms with E-state index in [1.54, 1.807) is 0 Å². The maximum Gasteiger partial charge on any atom is 0.472 e. The highest BCUT2D eigenvalue weighted by Crippen LogP contribution is 2.45. The molecule has 17 nitrogen and oxygen atoms in total. The number of rotatable bonds is 84. The molecule has 0 rings (SSSR count). The second-order valence-corrected chi connectivity index (χ2v) is 33.6. The number of phosphoric acid groups is 2. The van der Waals surface area contributed by atoms with Gasteiger partial charge in [0.25, 0.3) is 0 Å². The highest BCUT2D eigenvalue weighted by atomic mass is 31.2. The summed E-state index contributed by atoms with van der Waals surface area (Å²) in [4.78, 5) is 73.2. The van der Waals surface area contributed by atoms with Crippen LogP contribution in [0.2, 0.25) is 0 Å². The molecule has 103 heavy (non-hydrogen) atoms. The average Bonchev–Trinajstić information content (AvgIpc) is 0.947. The van der Waals surface area contributed by atoms with Crippen molar-refractivity contribution >= 4 is 39.5 Å². The molecule has 0 aliphatic heterocycles. The second kappa shape index (κ2) is 76.8. The van der Waals surface area contributed by atoms with Gasteiger partial charge in [-0.15, -0.1) is 0 Å². The Labute approximate surface area is 632 Å². The van der Waals surface area contributed by atoms with Crippen LogP contribution in [0, 0.1) is 5.92 Å². The van der Waals surface area contributed by atoms with Gasteiger partial charge in [-0.2, -0.15) is 0 Å². The van der Waals surface area contributed by atoms with Crippen LogP contribution >= 0.6 is 15.6 Å². The fourth-order valence-electron chi connectivity index (χ4n) is 13.1. The van der Waals surface area contributed by atoms with Crippen molar-refractivity contribution in [1.29, 1.82) is 0 Å². The first-order chi connectivity index (χ1) is 50.0. The molecular weight excluding hydrogens is 1340 g/mol. The van der Waals surface area contributed by atoms with Gasteiger partial charge in [-0.25, -0.2) is 9.13 Å². The summed E-state index contributed by atoms with van der Waals surface area (Å²) >= 11 is 0. The predicted octanol–water partition coefficient (Wildman–Crippen LogP) is 25.6. The molecule has 3 N–H and O–H groups in total. The Morgan fingerprint density at radius 1 is 0.262 bits per heavy atom. The number of hydrogen-bond donors (Lipinski definition) is 3. The van der Waals surface area contributed by atoms with Crippen molar-refractivity contribution in [3.63, 3.8) is 0 Å². The standard InChI is InChI=1S/C84H164O17P2/c1-6-9-12-15-18-21-24-26-28-30-31-35-38-43-48-53-58-63-68-82(87)95-74-80(101-84(89)70-65-60-55-50-45-40-36-32-33-37-42-46-51-56-61-66-77(4)5)76-99-103(92,93)97-72-78(85)71-96-102(90,91)98-75-79(73-94-81(86)67-62-57-52-47-41-23-20-17-14-11-8-3)100-83(88)69-64-59-54-49-44-39-34-29-27-25-22-19-16-13-10-7-2/h77-80,85H,6-76H2,1-5H3,(H,90,91)(H,92,93)/t78-,79+,80+/m0/s1. The molecule has 0 aliphatic rings. The summed E-state index contributed by atoms with van der Waals surface area (Å²) in [6.07, 6.45) is 69.3. The molecule has 0 saturated heterocycles. The number of hydrogen-bond acceptors (Lipinski definition) is 15. The Hall–Kier alpha value is -1.94. The van der Waals surface area contributed by atoms with Crippen molar-refractivity contribution in [3.05, 3.63) is 0 Å². The summed E-state index contributed by atoms with van der Waals surface area (Å²) in [6.45, 7) is 7.38. The predicted molar refractivity (Wildman–Crippen MR) is 423 cm³/mol. The molecule has 0 bridgehead atoms. The van der Waals surface area contributed by atoms with Gasteiger partial charge in [0.2, 0.25) is 0 Å². The summed E-state index contributed by atoms with van der Waals surface area (Å²) in [5.74, 6) is -1.30. The van der Waals surface area contributed by atoms with Gasteiger partial charge in [-0.05, 0) is 31.6 Å². The number of phosphoric ester groups is 2. The maximum absolute atomic E-state index is 13.1. The van der Waals surface area contributed by atoms with E-state index in [0.717, 1.165) is 95.8 Å². The zero-order valence-corrected chi connectivity index (χ0v) is 69.3. The van der Waals surface area contributed by atoms with E-state index in [9.17, 15) is 43.2 Å². The summed E-state index contributed by atoms with van der Waals surface area (Å²) in [5, 5.41) is 10.7. The van der Waals surface area contributed by atoms with E-state index in [1.807, 2.05) is 0 Å². The molecule has 0 radical (unpaired) electrons. The lowest BCUT2D eigenvalue weighted by atomic mass is 10.0. The van der Waals surface area contributed by atoms with Crippen LogP contribution in [0.5, 0.6) is 0 Å². The highest BCUT2D eigenvalue weighted by Gasteiger charge is 2.30. The third-order valence-electron chi connectivity index (χ3n) is 19.8. The van der Waals surface area contributed by atoms with Crippen LogP contribution in [0.25, 0.3) is 0 Å². The minimum absolute atomic E-state index is 0.109. The van der Waals surface area contributed by atoms with E-state index in [1.165, 1.54) is 276 Å². The molecule has 5 atom stereocenters. The summed E-state index contributed by atoms with van der Waals surface area (Å²) in [7, 11) is -9.92. The number of carbonyl (C=O) groups excluding carboxylic acids is 4. The number of unbranched alkanes of at least 4 members (excludes halogenated alkanes) is 56. The van der Waals surface area contributed by atoms with E-state index in [0.29, 0.717) is 25.7 Å². The van der Waals surface area contributed by atoms with Gasteiger partial charge in [0.15, 0.2) is 12.2 Å². The molecule has 0 heterocycles. The summed E-state index contributed by atoms with van der Waals surface area (Å²) < 4.78 is 68.9. The molecular formula is C84H164O17P2. The molecule has 0 spiro atoms. The topological polar surface area (TPSA) is 237 Å². The van der Waals surface area contributed by atoms with E-state index in [2.05, 4.69) is 34.6 Å². The van der Waals surface area contributed by atoms with Crippen LogP contribution in [-0.4, -0.2) is 96.7 Å². The number of carbonyl (C=O) groups is 4. The lowest BCUT2D eigenvalue weighted by molar-refractivity contribution is -0.161. The van der Waals surface area contributed by atoms with Crippen molar-refractivity contribution in [2.24, 2.45) is 5.92 Å². The number of aliphatic hydroxyl groups is 1. The minimum Gasteiger partial charge on any atom is -0.462 e. The third-order valence-corrected chi connectivity index (χ3v) is 21.7. The summed E-state index contributed by atoms with van der Waals surface area (Å²) in [5.41, 5.74) is 0. The van der Waals surface area contributed by atoms with Gasteiger partial charge in [0.05, 0.1) is 26.4 Å². The fraction of sp³-hybridized carbons (Fsp3) is 0.952. The van der Waals surface area contributed by atoms with Crippen LogP contribution in [-0.2, 0) is 65.4 Å². The number of esters is 4. The normalized spacial score (nSPS) is 13.8. The average molecular weight is 1510 g/mol. The first-order valence-corrected chi connectivity index (χ1v) is 46.6. The molecule has 2 unspecified atom stereocenters. The third kappa shape index (κ3) is 78.0. The Morgan fingerprint density at radius 3 is 0.660 bits per heavy atom. The molecule has 19 heteroatoms. The highest BCUT2D eigenvalue weighted by molar-refractivity contribution is 7.47. The van der Waals surface area contributed by atoms with E-state index >= 15 is 0 Å². The molecule has 0 fully saturated rings. The van der Waals surface area contributed by atoms with Crippen molar-refractivity contribution in [3.8, 4) is 0 Å². The first kappa shape index (κ1) is 101. The number of aliphatic hydroxyl groups excluding tert-OH is 1. The maximum atomic E-state index is 13.1. The largest absolute Gasteiger partial charge is 0.472 e. The minimum atomic E-state index is -4.96. The van der Waals surface area contributed by atoms with Crippen molar-refractivity contribution in [2.45, 2.75) is 470 Å². The molecule has 0 aromatic heterocycles. The van der Waals surface area contributed by atoms with Gasteiger partial charge in [0, 0.05) is 25.7 Å². The van der Waals surface area contributed by atoms with Gasteiger partial charge in [-0.1, -0.05) is 401 Å². The zero-order valence-electron chi connectivity index (χ0n) is 67.5. The van der Waals surface area contributed by atoms with Crippen LogP contribution in [0.4, 0.5) is 0 Å². The lowest BCUT2D eigenvalue weighted by Gasteiger charge is -2.21. The molecule has 612 valence electrons. The van der Waals surface area contributed by atoms with Crippen LogP contribution in [0.1, 0.15) is 452 Å². The van der Waals surface area contributed by atoms with E-state index in [4.69, 9.17) is 37.0 Å². The lowest BCUT2D eigenvalue weighted by Crippen LogP contribution is -2.30. The van der Waals surface area contributed by atoms with Crippen molar-refractivity contribution in [2.75, 3.05) is 39.6 Å². The van der Waals surface area contributed by atoms with Crippen LogP contribution in [0.3, 0.4) is 0 Å². The molecule has 0 aliphatic carbocycles. The van der Waals surface area contributed by atoms with Gasteiger partial charge >= 0.3 is 39.5 Å². The van der Waals surface area contributed by atoms with Gasteiger partial charge in [0.1, 0.15) is 19.3 Å². The van der Waals surface area contributed by atoms with Gasteiger partial charge in [-0.3, -0.25) is 37.3 Å². The second-order valence-electron chi connectivity index (χ2n) is 30.7. The SMILES string of the molecule is CCCCCCCCCCCCCCCCCCCCC(=O)OC[C@H](COP(=O)(O)OC[C@@H](O)COP(=O)(O)OC[C@@H](COC(=O)CCCCCCCCCCCCC)OC(=O)CCCCCCCCCCCCCCCCCC)OC(=O)CCCCCCCCCCCCCCCCCC(C)C.